The van der Waals surface area contributed by atoms with Gasteiger partial charge in [-0.3, -0.25) is 4.79 Å². The van der Waals surface area contributed by atoms with Gasteiger partial charge in [0.25, 0.3) is 0 Å². The van der Waals surface area contributed by atoms with Crippen molar-refractivity contribution in [1.29, 1.82) is 0 Å². The maximum Gasteiger partial charge on any atom is 0.417 e. The smallest absolute Gasteiger partial charge is 0.417 e. The number of carbonyl (C=O) groups is 1. The van der Waals surface area contributed by atoms with Gasteiger partial charge in [0, 0.05) is 6.07 Å². The van der Waals surface area contributed by atoms with Crippen LogP contribution in [0.5, 0.6) is 17.2 Å². The molecule has 1 N–H and O–H groups in total. The number of rotatable bonds is 8. The van der Waals surface area contributed by atoms with E-state index in [9.17, 15) is 18.0 Å². The van der Waals surface area contributed by atoms with Crippen LogP contribution in [0.3, 0.4) is 0 Å². The first kappa shape index (κ1) is 21.7. The average molecular weight is 442 g/mol. The van der Waals surface area contributed by atoms with Gasteiger partial charge in [0.15, 0.2) is 0 Å². The van der Waals surface area contributed by atoms with Crippen molar-refractivity contribution in [2.75, 3.05) is 6.61 Å². The van der Waals surface area contributed by atoms with Crippen LogP contribution in [0.25, 0.3) is 11.1 Å². The fraction of sp³-hybridized carbons (Fsp3) is 0.240. The Morgan fingerprint density at radius 3 is 2.41 bits per heavy atom. The van der Waals surface area contributed by atoms with Crippen molar-refractivity contribution < 1.29 is 32.5 Å². The summed E-state index contributed by atoms with van der Waals surface area (Å²) in [4.78, 5) is 11.2. The van der Waals surface area contributed by atoms with Gasteiger partial charge >= 0.3 is 12.1 Å². The first-order valence-corrected chi connectivity index (χ1v) is 10.2. The molecule has 32 heavy (non-hydrogen) atoms. The lowest BCUT2D eigenvalue weighted by Crippen LogP contribution is -2.06. The minimum Gasteiger partial charge on any atom is -0.493 e. The minimum absolute atomic E-state index is 0.0542. The number of carboxylic acids is 1. The number of ether oxygens (including phenoxy) is 2. The van der Waals surface area contributed by atoms with Gasteiger partial charge < -0.3 is 14.6 Å². The molecule has 0 heterocycles. The van der Waals surface area contributed by atoms with Gasteiger partial charge in [-0.1, -0.05) is 30.3 Å². The highest BCUT2D eigenvalue weighted by Crippen LogP contribution is 2.38. The number of aliphatic carboxylic acids is 1. The van der Waals surface area contributed by atoms with Gasteiger partial charge in [-0.2, -0.15) is 13.2 Å². The molecule has 4 rings (SSSR count). The van der Waals surface area contributed by atoms with E-state index in [0.29, 0.717) is 40.9 Å². The molecule has 0 bridgehead atoms. The zero-order valence-electron chi connectivity index (χ0n) is 17.1. The maximum atomic E-state index is 13.4. The number of carboxylic acid groups (broad SMARTS) is 1. The molecule has 7 heteroatoms. The highest BCUT2D eigenvalue weighted by atomic mass is 19.4. The van der Waals surface area contributed by atoms with Crippen molar-refractivity contribution in [2.45, 2.75) is 25.4 Å². The van der Waals surface area contributed by atoms with E-state index in [1.165, 1.54) is 18.2 Å². The largest absolute Gasteiger partial charge is 0.493 e. The number of alkyl halides is 3. The van der Waals surface area contributed by atoms with Crippen LogP contribution >= 0.6 is 0 Å². The van der Waals surface area contributed by atoms with Gasteiger partial charge in [0.2, 0.25) is 0 Å². The molecule has 166 valence electrons. The summed E-state index contributed by atoms with van der Waals surface area (Å²) < 4.78 is 51.9. The quantitative estimate of drug-likeness (QED) is 0.428. The molecule has 3 aromatic carbocycles. The van der Waals surface area contributed by atoms with E-state index < -0.39 is 17.7 Å². The van der Waals surface area contributed by atoms with Crippen LogP contribution in [0.1, 0.15) is 24.0 Å². The molecule has 0 aromatic heterocycles. The fourth-order valence-electron chi connectivity index (χ4n) is 3.39. The molecule has 4 nitrogen and oxygen atoms in total. The summed E-state index contributed by atoms with van der Waals surface area (Å²) in [6.07, 6.45) is -2.45. The maximum absolute atomic E-state index is 13.4. The molecule has 0 spiro atoms. The number of hydrogen-bond acceptors (Lipinski definition) is 3. The molecule has 0 saturated heterocycles. The van der Waals surface area contributed by atoms with Gasteiger partial charge in [-0.15, -0.1) is 0 Å². The zero-order chi connectivity index (χ0) is 22.7. The summed E-state index contributed by atoms with van der Waals surface area (Å²) in [5, 5.41) is 9.15. The van der Waals surface area contributed by atoms with Crippen molar-refractivity contribution in [3.63, 3.8) is 0 Å². The van der Waals surface area contributed by atoms with Crippen LogP contribution in [0.4, 0.5) is 13.2 Å². The Balaban J connectivity index is 1.62. The van der Waals surface area contributed by atoms with Crippen LogP contribution < -0.4 is 9.47 Å². The molecule has 0 amide bonds. The molecule has 0 unspecified atom stereocenters. The van der Waals surface area contributed by atoms with Gasteiger partial charge in [0.1, 0.15) is 17.2 Å². The van der Waals surface area contributed by atoms with Gasteiger partial charge in [-0.05, 0) is 65.8 Å². The summed E-state index contributed by atoms with van der Waals surface area (Å²) >= 11 is 0. The Morgan fingerprint density at radius 2 is 1.69 bits per heavy atom. The number of benzene rings is 3. The Labute approximate surface area is 183 Å². The Morgan fingerprint density at radius 1 is 0.938 bits per heavy atom. The molecular formula is C25H21F3O4. The normalized spacial score (nSPS) is 13.6. The van der Waals surface area contributed by atoms with Crippen molar-refractivity contribution >= 4 is 5.97 Å². The highest BCUT2D eigenvalue weighted by molar-refractivity contribution is 5.71. The van der Waals surface area contributed by atoms with Gasteiger partial charge in [-0.25, -0.2) is 0 Å². The van der Waals surface area contributed by atoms with Crippen LogP contribution in [-0.2, 0) is 17.4 Å². The standard InChI is InChI=1S/C25H21F3O4/c26-25(27,28)23-7-2-1-6-22(23)18-4-3-5-19(13-18)32-21-11-17(12-24(29)30)10-20(14-21)31-15-16-8-9-16/h1-7,10-11,13-14,16H,8-9,12,15H2,(H,29,30). The van der Waals surface area contributed by atoms with Crippen molar-refractivity contribution in [3.8, 4) is 28.4 Å². The lowest BCUT2D eigenvalue weighted by Gasteiger charge is -2.14. The lowest BCUT2D eigenvalue weighted by molar-refractivity contribution is -0.137. The van der Waals surface area contributed by atoms with Gasteiger partial charge in [0.05, 0.1) is 18.6 Å². The van der Waals surface area contributed by atoms with Crippen molar-refractivity contribution in [3.05, 3.63) is 77.9 Å². The average Bonchev–Trinajstić information content (AvgIpc) is 3.56. The van der Waals surface area contributed by atoms with E-state index in [1.807, 2.05) is 0 Å². The van der Waals surface area contributed by atoms with Crippen molar-refractivity contribution in [2.24, 2.45) is 5.92 Å². The minimum atomic E-state index is -4.48. The molecule has 1 saturated carbocycles. The summed E-state index contributed by atoms with van der Waals surface area (Å²) in [6, 6.07) is 16.6. The van der Waals surface area contributed by atoms with Crippen LogP contribution in [0.15, 0.2) is 66.7 Å². The molecule has 1 fully saturated rings. The van der Waals surface area contributed by atoms with Crippen LogP contribution in [0, 0.1) is 5.92 Å². The molecular weight excluding hydrogens is 421 g/mol. The number of halogens is 3. The molecule has 0 aliphatic heterocycles. The van der Waals surface area contributed by atoms with E-state index in [0.717, 1.165) is 18.9 Å². The number of hydrogen-bond donors (Lipinski definition) is 1. The van der Waals surface area contributed by atoms with E-state index >= 15 is 0 Å². The van der Waals surface area contributed by atoms with E-state index in [4.69, 9.17) is 14.6 Å². The topological polar surface area (TPSA) is 55.8 Å². The molecule has 3 aromatic rings. The predicted molar refractivity (Wildman–Crippen MR) is 113 cm³/mol. The Bertz CT molecular complexity index is 1120. The third kappa shape index (κ3) is 5.60. The summed E-state index contributed by atoms with van der Waals surface area (Å²) in [6.45, 7) is 0.555. The lowest BCUT2D eigenvalue weighted by atomic mass is 9.99. The second-order valence-corrected chi connectivity index (χ2v) is 7.81. The third-order valence-corrected chi connectivity index (χ3v) is 5.09. The summed E-state index contributed by atoms with van der Waals surface area (Å²) in [7, 11) is 0. The molecule has 1 aliphatic carbocycles. The third-order valence-electron chi connectivity index (χ3n) is 5.09. The first-order chi connectivity index (χ1) is 15.3. The Hall–Kier alpha value is -3.48. The summed E-state index contributed by atoms with van der Waals surface area (Å²) in [5.74, 6) is 0.731. The second kappa shape index (κ2) is 8.94. The van der Waals surface area contributed by atoms with Crippen molar-refractivity contribution in [1.82, 2.24) is 0 Å². The molecule has 1 aliphatic rings. The SMILES string of the molecule is O=C(O)Cc1cc(OCC2CC2)cc(Oc2cccc(-c3ccccc3C(F)(F)F)c2)c1. The monoisotopic (exact) mass is 442 g/mol. The van der Waals surface area contributed by atoms with Crippen LogP contribution in [0.2, 0.25) is 0 Å². The van der Waals surface area contributed by atoms with Crippen LogP contribution in [-0.4, -0.2) is 17.7 Å². The molecule has 0 radical (unpaired) electrons. The molecule has 0 atom stereocenters. The predicted octanol–water partition coefficient (Wildman–Crippen LogP) is 6.58. The second-order valence-electron chi connectivity index (χ2n) is 7.81. The zero-order valence-corrected chi connectivity index (χ0v) is 17.1. The Kier molecular flexibility index (Phi) is 6.08. The summed E-state index contributed by atoms with van der Waals surface area (Å²) in [5.41, 5.74) is 0.205. The van der Waals surface area contributed by atoms with E-state index in [2.05, 4.69) is 0 Å². The first-order valence-electron chi connectivity index (χ1n) is 10.2. The van der Waals surface area contributed by atoms with E-state index in [1.54, 1.807) is 42.5 Å². The fourth-order valence-corrected chi connectivity index (χ4v) is 3.39. The van der Waals surface area contributed by atoms with E-state index in [-0.39, 0.29) is 12.0 Å². The highest BCUT2D eigenvalue weighted by Gasteiger charge is 2.33.